The van der Waals surface area contributed by atoms with Crippen LogP contribution < -0.4 is 10.3 Å². The lowest BCUT2D eigenvalue weighted by atomic mass is 10.1. The maximum Gasteiger partial charge on any atom is 0.341 e. The van der Waals surface area contributed by atoms with Crippen molar-refractivity contribution in [3.05, 3.63) is 63.2 Å². The summed E-state index contributed by atoms with van der Waals surface area (Å²) in [5.74, 6) is -4.41. The molecule has 3 heterocycles. The van der Waals surface area contributed by atoms with Gasteiger partial charge in [-0.25, -0.2) is 22.9 Å². The van der Waals surface area contributed by atoms with Gasteiger partial charge in [-0.05, 0) is 25.5 Å². The Balaban J connectivity index is 2.11. The summed E-state index contributed by atoms with van der Waals surface area (Å²) in [6, 6.07) is 2.64. The minimum absolute atomic E-state index is 0.122. The number of aryl methyl sites for hydroxylation is 1. The summed E-state index contributed by atoms with van der Waals surface area (Å²) in [5.41, 5.74) is -2.26. The van der Waals surface area contributed by atoms with E-state index < -0.39 is 40.5 Å². The van der Waals surface area contributed by atoms with Crippen LogP contribution in [-0.2, 0) is 0 Å². The molecule has 30 heavy (non-hydrogen) atoms. The number of carbonyl (C=O) groups is 1. The number of rotatable bonds is 3. The first-order chi connectivity index (χ1) is 14.2. The van der Waals surface area contributed by atoms with E-state index in [2.05, 4.69) is 4.98 Å². The van der Waals surface area contributed by atoms with Crippen LogP contribution in [0.4, 0.5) is 19.0 Å². The minimum Gasteiger partial charge on any atom is -0.477 e. The second kappa shape index (κ2) is 7.13. The van der Waals surface area contributed by atoms with Crippen molar-refractivity contribution < 1.29 is 28.2 Å². The topological polar surface area (TPSA) is 95.7 Å². The summed E-state index contributed by atoms with van der Waals surface area (Å²) < 4.78 is 44.0. The molecule has 0 radical (unpaired) electrons. The van der Waals surface area contributed by atoms with Gasteiger partial charge in [-0.15, -0.1) is 0 Å². The first kappa shape index (κ1) is 19.9. The Kier molecular flexibility index (Phi) is 4.73. The molecule has 1 saturated heterocycles. The number of anilines is 1. The molecule has 3 aromatic rings. The summed E-state index contributed by atoms with van der Waals surface area (Å²) in [4.78, 5) is 30.0. The second-order valence-corrected chi connectivity index (χ2v) is 7.10. The lowest BCUT2D eigenvalue weighted by molar-refractivity contribution is 0.0695. The molecule has 1 aromatic carbocycles. The standard InChI is InChI=1S/C20H16F3N3O4/c1-9-15-17(28)12(20(29)30)8-26(14-3-2-10(21)6-13(14)22)18(15)24-19(16(9)23)25-5-4-11(27)7-25/h2-3,6,8,11,27H,4-5,7H2,1H3,(H,29,30). The Morgan fingerprint density at radius 1 is 1.27 bits per heavy atom. The number of halogens is 3. The number of hydrogen-bond acceptors (Lipinski definition) is 5. The Hall–Kier alpha value is -3.40. The van der Waals surface area contributed by atoms with Crippen molar-refractivity contribution >= 4 is 22.8 Å². The van der Waals surface area contributed by atoms with Gasteiger partial charge in [0.15, 0.2) is 17.3 Å². The molecule has 2 N–H and O–H groups in total. The maximum absolute atomic E-state index is 15.1. The van der Waals surface area contributed by atoms with Crippen LogP contribution in [0.3, 0.4) is 0 Å². The van der Waals surface area contributed by atoms with Gasteiger partial charge in [-0.1, -0.05) is 0 Å². The molecule has 156 valence electrons. The molecule has 0 bridgehead atoms. The highest BCUT2D eigenvalue weighted by Crippen LogP contribution is 2.30. The predicted octanol–water partition coefficient (Wildman–Crippen LogP) is 2.38. The smallest absolute Gasteiger partial charge is 0.341 e. The Bertz CT molecular complexity index is 1260. The third kappa shape index (κ3) is 3.09. The monoisotopic (exact) mass is 419 g/mol. The summed E-state index contributed by atoms with van der Waals surface area (Å²) >= 11 is 0. The van der Waals surface area contributed by atoms with Gasteiger partial charge in [0, 0.05) is 30.9 Å². The summed E-state index contributed by atoms with van der Waals surface area (Å²) in [5, 5.41) is 18.9. The highest BCUT2D eigenvalue weighted by atomic mass is 19.1. The van der Waals surface area contributed by atoms with Crippen LogP contribution in [0.5, 0.6) is 0 Å². The number of hydrogen-bond donors (Lipinski definition) is 2. The van der Waals surface area contributed by atoms with Gasteiger partial charge in [0.2, 0.25) is 5.43 Å². The predicted molar refractivity (Wildman–Crippen MR) is 102 cm³/mol. The number of aromatic nitrogens is 2. The van der Waals surface area contributed by atoms with Crippen LogP contribution in [0.25, 0.3) is 16.7 Å². The fraction of sp³-hybridized carbons (Fsp3) is 0.250. The van der Waals surface area contributed by atoms with Crippen molar-refractivity contribution in [3.63, 3.8) is 0 Å². The van der Waals surface area contributed by atoms with Crippen LogP contribution in [0.15, 0.2) is 29.2 Å². The molecule has 0 amide bonds. The highest BCUT2D eigenvalue weighted by molar-refractivity contribution is 5.93. The molecule has 0 aliphatic carbocycles. The van der Waals surface area contributed by atoms with Gasteiger partial charge in [0.25, 0.3) is 0 Å². The van der Waals surface area contributed by atoms with Gasteiger partial charge in [0.1, 0.15) is 17.2 Å². The molecule has 1 aliphatic rings. The molecule has 7 nitrogen and oxygen atoms in total. The number of aliphatic hydroxyl groups is 1. The minimum atomic E-state index is -1.58. The van der Waals surface area contributed by atoms with Gasteiger partial charge < -0.3 is 15.1 Å². The number of carboxylic acids is 1. The zero-order valence-corrected chi connectivity index (χ0v) is 15.7. The number of carboxylic acid groups (broad SMARTS) is 1. The van der Waals surface area contributed by atoms with Crippen molar-refractivity contribution in [2.75, 3.05) is 18.0 Å². The average Bonchev–Trinajstić information content (AvgIpc) is 3.11. The summed E-state index contributed by atoms with van der Waals surface area (Å²) in [6.45, 7) is 1.74. The molecule has 1 aliphatic heterocycles. The van der Waals surface area contributed by atoms with Crippen molar-refractivity contribution in [2.45, 2.75) is 19.4 Å². The largest absolute Gasteiger partial charge is 0.477 e. The number of benzene rings is 1. The van der Waals surface area contributed by atoms with Gasteiger partial charge in [0.05, 0.1) is 17.2 Å². The van der Waals surface area contributed by atoms with Crippen LogP contribution in [0.1, 0.15) is 22.3 Å². The van der Waals surface area contributed by atoms with E-state index in [-0.39, 0.29) is 34.6 Å². The highest BCUT2D eigenvalue weighted by Gasteiger charge is 2.28. The average molecular weight is 419 g/mol. The van der Waals surface area contributed by atoms with E-state index in [0.29, 0.717) is 19.0 Å². The van der Waals surface area contributed by atoms with Crippen LogP contribution in [-0.4, -0.2) is 44.9 Å². The van der Waals surface area contributed by atoms with E-state index in [4.69, 9.17) is 0 Å². The molecule has 4 rings (SSSR count). The van der Waals surface area contributed by atoms with Gasteiger partial charge in [-0.2, -0.15) is 0 Å². The Morgan fingerprint density at radius 3 is 2.60 bits per heavy atom. The maximum atomic E-state index is 15.1. The molecule has 10 heteroatoms. The number of fused-ring (bicyclic) bond motifs is 1. The van der Waals surface area contributed by atoms with Gasteiger partial charge in [-0.3, -0.25) is 9.36 Å². The van der Waals surface area contributed by atoms with E-state index in [0.717, 1.165) is 22.9 Å². The SMILES string of the molecule is Cc1c(F)c(N2CCC(O)C2)nc2c1c(=O)c(C(=O)O)cn2-c1ccc(F)cc1F. The fourth-order valence-electron chi connectivity index (χ4n) is 3.64. The number of nitrogens with zero attached hydrogens (tertiary/aromatic N) is 3. The second-order valence-electron chi connectivity index (χ2n) is 7.10. The van der Waals surface area contributed by atoms with Crippen LogP contribution >= 0.6 is 0 Å². The van der Waals surface area contributed by atoms with E-state index in [1.807, 2.05) is 0 Å². The van der Waals surface area contributed by atoms with Crippen molar-refractivity contribution in [3.8, 4) is 5.69 Å². The third-order valence-electron chi connectivity index (χ3n) is 5.16. The van der Waals surface area contributed by atoms with E-state index in [1.165, 1.54) is 11.8 Å². The van der Waals surface area contributed by atoms with Crippen LogP contribution in [0.2, 0.25) is 0 Å². The molecule has 2 aromatic heterocycles. The quantitative estimate of drug-likeness (QED) is 0.677. The number of β-amino-alcohol motifs (C(OH)–C–C–N with tert-alkyl or cyclic N) is 1. The Labute approximate surface area is 167 Å². The van der Waals surface area contributed by atoms with Crippen LogP contribution in [0, 0.1) is 24.4 Å². The summed E-state index contributed by atoms with van der Waals surface area (Å²) in [7, 11) is 0. The normalized spacial score (nSPS) is 16.4. The van der Waals surface area contributed by atoms with E-state index >= 15 is 4.39 Å². The van der Waals surface area contributed by atoms with Crippen molar-refractivity contribution in [2.24, 2.45) is 0 Å². The zero-order valence-electron chi connectivity index (χ0n) is 15.7. The van der Waals surface area contributed by atoms with Crippen molar-refractivity contribution in [1.82, 2.24) is 9.55 Å². The molecule has 0 saturated carbocycles. The third-order valence-corrected chi connectivity index (χ3v) is 5.16. The lowest BCUT2D eigenvalue weighted by Gasteiger charge is -2.21. The van der Waals surface area contributed by atoms with Gasteiger partial charge >= 0.3 is 5.97 Å². The molecular formula is C20H16F3N3O4. The fourth-order valence-corrected chi connectivity index (χ4v) is 3.64. The lowest BCUT2D eigenvalue weighted by Crippen LogP contribution is -2.26. The molecule has 0 spiro atoms. The van der Waals surface area contributed by atoms with E-state index in [9.17, 15) is 28.6 Å². The molecular weight excluding hydrogens is 403 g/mol. The van der Waals surface area contributed by atoms with Crippen molar-refractivity contribution in [1.29, 1.82) is 0 Å². The molecule has 1 unspecified atom stereocenters. The number of aliphatic hydroxyl groups excluding tert-OH is 1. The Morgan fingerprint density at radius 2 is 2.00 bits per heavy atom. The molecule has 1 fully saturated rings. The summed E-state index contributed by atoms with van der Waals surface area (Å²) in [6.07, 6.45) is 0.611. The zero-order chi connectivity index (χ0) is 21.7. The molecule has 1 atom stereocenters. The first-order valence-electron chi connectivity index (χ1n) is 9.06. The first-order valence-corrected chi connectivity index (χ1v) is 9.06. The number of pyridine rings is 2. The number of aromatic carboxylic acids is 1. The van der Waals surface area contributed by atoms with E-state index in [1.54, 1.807) is 0 Å².